The van der Waals surface area contributed by atoms with E-state index in [0.717, 1.165) is 11.3 Å². The van der Waals surface area contributed by atoms with Crippen molar-refractivity contribution in [3.8, 4) is 23.0 Å². The number of benzene rings is 2. The summed E-state index contributed by atoms with van der Waals surface area (Å²) in [4.78, 5) is 0. The lowest BCUT2D eigenvalue weighted by atomic mass is 10.2. The van der Waals surface area contributed by atoms with Gasteiger partial charge in [-0.25, -0.2) is 0 Å². The quantitative estimate of drug-likeness (QED) is 0.686. The van der Waals surface area contributed by atoms with Crippen LogP contribution in [0, 0.1) is 0 Å². The molecular weight excluding hydrogens is 342 g/mol. The molecule has 0 bridgehead atoms. The van der Waals surface area contributed by atoms with Crippen LogP contribution in [0.2, 0.25) is 5.02 Å². The molecule has 0 saturated carbocycles. The topological polar surface area (TPSA) is 69.4 Å². The number of hydrogen-bond donors (Lipinski definition) is 1. The maximum Gasteiger partial charge on any atom is 0.247 e. The molecule has 1 N–H and O–H groups in total. The van der Waals surface area contributed by atoms with Gasteiger partial charge in [-0.2, -0.15) is 0 Å². The van der Waals surface area contributed by atoms with Gasteiger partial charge in [-0.1, -0.05) is 29.8 Å². The smallest absolute Gasteiger partial charge is 0.247 e. The molecule has 3 rings (SSSR count). The molecule has 0 saturated heterocycles. The van der Waals surface area contributed by atoms with Crippen LogP contribution in [0.3, 0.4) is 0 Å². The Bertz CT molecular complexity index is 837. The molecule has 0 fully saturated rings. The van der Waals surface area contributed by atoms with Crippen molar-refractivity contribution in [2.24, 2.45) is 0 Å². The Morgan fingerprint density at radius 2 is 1.80 bits per heavy atom. The van der Waals surface area contributed by atoms with Gasteiger partial charge < -0.3 is 19.2 Å². The Balaban J connectivity index is 1.65. The van der Waals surface area contributed by atoms with Crippen LogP contribution in [0.15, 0.2) is 46.9 Å². The molecule has 0 aliphatic rings. The van der Waals surface area contributed by atoms with E-state index in [4.69, 9.17) is 25.5 Å². The number of anilines is 1. The fraction of sp³-hybridized carbons (Fsp3) is 0.222. The van der Waals surface area contributed by atoms with Gasteiger partial charge in [0.25, 0.3) is 0 Å². The lowest BCUT2D eigenvalue weighted by Gasteiger charge is -2.13. The molecule has 0 atom stereocenters. The van der Waals surface area contributed by atoms with Gasteiger partial charge in [-0.15, -0.1) is 10.2 Å². The second-order valence-corrected chi connectivity index (χ2v) is 5.64. The Kier molecular flexibility index (Phi) is 5.40. The zero-order chi connectivity index (χ0) is 17.6. The minimum atomic E-state index is 0.495. The highest BCUT2D eigenvalue weighted by molar-refractivity contribution is 6.32. The summed E-state index contributed by atoms with van der Waals surface area (Å²) in [5.74, 6) is 2.29. The summed E-state index contributed by atoms with van der Waals surface area (Å²) >= 11 is 6.11. The molecule has 0 aliphatic heterocycles. The molecule has 0 aliphatic carbocycles. The van der Waals surface area contributed by atoms with Crippen molar-refractivity contribution in [3.05, 3.63) is 53.4 Å². The Labute approximate surface area is 150 Å². The fourth-order valence-corrected chi connectivity index (χ4v) is 2.59. The third kappa shape index (κ3) is 4.03. The number of methoxy groups -OCH3 is 2. The van der Waals surface area contributed by atoms with Crippen LogP contribution < -0.4 is 14.8 Å². The molecule has 1 aromatic heterocycles. The van der Waals surface area contributed by atoms with Crippen molar-refractivity contribution < 1.29 is 13.9 Å². The summed E-state index contributed by atoms with van der Waals surface area (Å²) in [6, 6.07) is 13.2. The standard InChI is InChI=1S/C18H18ClN3O3/c1-23-15-11-14(16(24-2)10-13(15)19)20-9-8-17-21-22-18(25-17)12-6-4-3-5-7-12/h3-7,10-11,20H,8-9H2,1-2H3. The summed E-state index contributed by atoms with van der Waals surface area (Å²) in [5.41, 5.74) is 1.69. The highest BCUT2D eigenvalue weighted by Gasteiger charge is 2.11. The second kappa shape index (κ2) is 7.90. The van der Waals surface area contributed by atoms with Gasteiger partial charge in [0.1, 0.15) is 11.5 Å². The Morgan fingerprint density at radius 1 is 1.04 bits per heavy atom. The van der Waals surface area contributed by atoms with E-state index in [1.807, 2.05) is 30.3 Å². The van der Waals surface area contributed by atoms with Crippen molar-refractivity contribution in [1.82, 2.24) is 10.2 Å². The third-order valence-corrected chi connectivity index (χ3v) is 3.91. The predicted octanol–water partition coefficient (Wildman–Crippen LogP) is 4.06. The van der Waals surface area contributed by atoms with Crippen molar-refractivity contribution in [2.45, 2.75) is 6.42 Å². The highest BCUT2D eigenvalue weighted by Crippen LogP contribution is 2.35. The van der Waals surface area contributed by atoms with Gasteiger partial charge in [-0.05, 0) is 12.1 Å². The monoisotopic (exact) mass is 359 g/mol. The molecule has 2 aromatic carbocycles. The molecule has 3 aromatic rings. The third-order valence-electron chi connectivity index (χ3n) is 3.62. The van der Waals surface area contributed by atoms with Gasteiger partial charge in [0.05, 0.1) is 24.9 Å². The van der Waals surface area contributed by atoms with E-state index in [9.17, 15) is 0 Å². The first-order valence-electron chi connectivity index (χ1n) is 7.74. The number of nitrogens with one attached hydrogen (secondary N) is 1. The van der Waals surface area contributed by atoms with E-state index in [-0.39, 0.29) is 0 Å². The second-order valence-electron chi connectivity index (χ2n) is 5.23. The maximum atomic E-state index is 6.11. The molecule has 1 heterocycles. The van der Waals surface area contributed by atoms with Crippen LogP contribution in [0.5, 0.6) is 11.5 Å². The van der Waals surface area contributed by atoms with Crippen molar-refractivity contribution in [3.63, 3.8) is 0 Å². The van der Waals surface area contributed by atoms with Gasteiger partial charge in [-0.3, -0.25) is 0 Å². The molecule has 130 valence electrons. The molecule has 0 amide bonds. The summed E-state index contributed by atoms with van der Waals surface area (Å²) in [6.45, 7) is 0.595. The van der Waals surface area contributed by atoms with E-state index < -0.39 is 0 Å². The zero-order valence-corrected chi connectivity index (χ0v) is 14.7. The number of hydrogen-bond acceptors (Lipinski definition) is 6. The van der Waals surface area contributed by atoms with Crippen LogP contribution >= 0.6 is 11.6 Å². The average molecular weight is 360 g/mol. The van der Waals surface area contributed by atoms with Gasteiger partial charge >= 0.3 is 0 Å². The number of ether oxygens (including phenoxy) is 2. The van der Waals surface area contributed by atoms with Gasteiger partial charge in [0, 0.05) is 30.7 Å². The van der Waals surface area contributed by atoms with E-state index in [1.165, 1.54) is 0 Å². The highest BCUT2D eigenvalue weighted by atomic mass is 35.5. The summed E-state index contributed by atoms with van der Waals surface area (Å²) in [6.07, 6.45) is 0.577. The minimum Gasteiger partial charge on any atom is -0.495 e. The zero-order valence-electron chi connectivity index (χ0n) is 14.0. The normalized spacial score (nSPS) is 10.5. The maximum absolute atomic E-state index is 6.11. The van der Waals surface area contributed by atoms with Gasteiger partial charge in [0.2, 0.25) is 11.8 Å². The number of aromatic nitrogens is 2. The molecule has 0 spiro atoms. The van der Waals surface area contributed by atoms with E-state index in [0.29, 0.717) is 41.3 Å². The Hall–Kier alpha value is -2.73. The van der Waals surface area contributed by atoms with Crippen molar-refractivity contribution >= 4 is 17.3 Å². The number of rotatable bonds is 7. The molecule has 6 nitrogen and oxygen atoms in total. The van der Waals surface area contributed by atoms with Crippen LogP contribution in [0.4, 0.5) is 5.69 Å². The molecule has 25 heavy (non-hydrogen) atoms. The van der Waals surface area contributed by atoms with Crippen molar-refractivity contribution in [1.29, 1.82) is 0 Å². The predicted molar refractivity (Wildman–Crippen MR) is 96.5 cm³/mol. The van der Waals surface area contributed by atoms with E-state index in [2.05, 4.69) is 15.5 Å². The first kappa shape index (κ1) is 17.1. The summed E-state index contributed by atoms with van der Waals surface area (Å²) in [7, 11) is 3.16. The molecule has 7 heteroatoms. The van der Waals surface area contributed by atoms with Crippen LogP contribution in [-0.4, -0.2) is 31.0 Å². The number of nitrogens with zero attached hydrogens (tertiary/aromatic N) is 2. The summed E-state index contributed by atoms with van der Waals surface area (Å²) < 4.78 is 16.3. The molecule has 0 radical (unpaired) electrons. The largest absolute Gasteiger partial charge is 0.495 e. The summed E-state index contributed by atoms with van der Waals surface area (Å²) in [5, 5.41) is 11.9. The van der Waals surface area contributed by atoms with Crippen LogP contribution in [0.25, 0.3) is 11.5 Å². The first-order valence-corrected chi connectivity index (χ1v) is 8.12. The molecule has 0 unspecified atom stereocenters. The van der Waals surface area contributed by atoms with Crippen LogP contribution in [0.1, 0.15) is 5.89 Å². The fourth-order valence-electron chi connectivity index (χ4n) is 2.35. The SMILES string of the molecule is COc1cc(NCCc2nnc(-c3ccccc3)o2)c(OC)cc1Cl. The van der Waals surface area contributed by atoms with Gasteiger partial charge in [0.15, 0.2) is 0 Å². The average Bonchev–Trinajstić information content (AvgIpc) is 3.12. The minimum absolute atomic E-state index is 0.495. The van der Waals surface area contributed by atoms with E-state index in [1.54, 1.807) is 26.4 Å². The van der Waals surface area contributed by atoms with E-state index >= 15 is 0 Å². The van der Waals surface area contributed by atoms with Crippen LogP contribution in [-0.2, 0) is 6.42 Å². The lowest BCUT2D eigenvalue weighted by molar-refractivity contribution is 0.404. The Morgan fingerprint density at radius 3 is 2.52 bits per heavy atom. The molecular formula is C18H18ClN3O3. The van der Waals surface area contributed by atoms with Crippen molar-refractivity contribution in [2.75, 3.05) is 26.1 Å². The lowest BCUT2D eigenvalue weighted by Crippen LogP contribution is -2.06. The number of halogens is 1. The first-order chi connectivity index (χ1) is 12.2.